The van der Waals surface area contributed by atoms with Crippen LogP contribution in [0.25, 0.3) is 0 Å². The number of amides is 1. The van der Waals surface area contributed by atoms with Gasteiger partial charge >= 0.3 is 0 Å². The van der Waals surface area contributed by atoms with E-state index in [4.69, 9.17) is 5.73 Å². The lowest BCUT2D eigenvalue weighted by Gasteiger charge is -2.23. The average molecular weight is 219 g/mol. The third-order valence-electron chi connectivity index (χ3n) is 2.86. The number of hydrogen-bond acceptors (Lipinski definition) is 3. The lowest BCUT2D eigenvalue weighted by atomic mass is 10.1. The monoisotopic (exact) mass is 219 g/mol. The molecule has 0 fully saturated rings. The summed E-state index contributed by atoms with van der Waals surface area (Å²) in [6.07, 6.45) is 0.944. The lowest BCUT2D eigenvalue weighted by molar-refractivity contribution is -0.117. The zero-order valence-electron chi connectivity index (χ0n) is 9.49. The fourth-order valence-corrected chi connectivity index (χ4v) is 2.09. The van der Waals surface area contributed by atoms with Crippen molar-refractivity contribution in [2.45, 2.75) is 13.3 Å². The fourth-order valence-electron chi connectivity index (χ4n) is 2.09. The maximum atomic E-state index is 11.8. The number of fused-ring (bicyclic) bond motifs is 1. The van der Waals surface area contributed by atoms with Crippen molar-refractivity contribution in [3.63, 3.8) is 0 Å². The standard InChI is InChI=1S/C12H17N3O/c1-9-4-2-5-10-12(9)15(11(16)8-13)7-3-6-14-10/h2,4-5,14H,3,6-8,13H2,1H3. The van der Waals surface area contributed by atoms with E-state index in [1.54, 1.807) is 4.90 Å². The third-order valence-corrected chi connectivity index (χ3v) is 2.86. The Labute approximate surface area is 95.4 Å². The molecule has 1 aliphatic rings. The Balaban J connectivity index is 2.46. The summed E-state index contributed by atoms with van der Waals surface area (Å²) in [6, 6.07) is 6.02. The molecule has 1 aromatic carbocycles. The van der Waals surface area contributed by atoms with Crippen molar-refractivity contribution in [2.75, 3.05) is 29.9 Å². The Kier molecular flexibility index (Phi) is 3.10. The molecule has 0 spiro atoms. The van der Waals surface area contributed by atoms with Crippen LogP contribution in [0, 0.1) is 6.92 Å². The van der Waals surface area contributed by atoms with Crippen LogP contribution in [0.4, 0.5) is 11.4 Å². The first-order valence-corrected chi connectivity index (χ1v) is 5.58. The number of aryl methyl sites for hydroxylation is 1. The minimum atomic E-state index is -0.0146. The number of nitrogens with two attached hydrogens (primary N) is 1. The molecule has 1 heterocycles. The Morgan fingerprint density at radius 3 is 3.12 bits per heavy atom. The van der Waals surface area contributed by atoms with Crippen LogP contribution >= 0.6 is 0 Å². The maximum Gasteiger partial charge on any atom is 0.240 e. The molecule has 4 nitrogen and oxygen atoms in total. The number of para-hydroxylation sites is 1. The molecule has 0 atom stereocenters. The molecule has 3 N–H and O–H groups in total. The number of nitrogens with one attached hydrogen (secondary N) is 1. The number of anilines is 2. The predicted molar refractivity (Wildman–Crippen MR) is 65.7 cm³/mol. The maximum absolute atomic E-state index is 11.8. The van der Waals surface area contributed by atoms with Gasteiger partial charge in [0, 0.05) is 13.1 Å². The molecular weight excluding hydrogens is 202 g/mol. The largest absolute Gasteiger partial charge is 0.383 e. The highest BCUT2D eigenvalue weighted by molar-refractivity contribution is 5.99. The van der Waals surface area contributed by atoms with Crippen molar-refractivity contribution in [1.29, 1.82) is 0 Å². The topological polar surface area (TPSA) is 58.4 Å². The van der Waals surface area contributed by atoms with Crippen molar-refractivity contribution in [1.82, 2.24) is 0 Å². The average Bonchev–Trinajstić information content (AvgIpc) is 2.51. The highest BCUT2D eigenvalue weighted by Crippen LogP contribution is 2.31. The van der Waals surface area contributed by atoms with Crippen molar-refractivity contribution in [3.8, 4) is 0 Å². The van der Waals surface area contributed by atoms with E-state index in [0.717, 1.165) is 36.4 Å². The summed E-state index contributed by atoms with van der Waals surface area (Å²) in [7, 11) is 0. The number of rotatable bonds is 1. The van der Waals surface area contributed by atoms with Crippen LogP contribution < -0.4 is 16.0 Å². The van der Waals surface area contributed by atoms with Gasteiger partial charge in [0.15, 0.2) is 0 Å². The Morgan fingerprint density at radius 2 is 2.38 bits per heavy atom. The van der Waals surface area contributed by atoms with Crippen LogP contribution in [0.2, 0.25) is 0 Å². The highest BCUT2D eigenvalue weighted by Gasteiger charge is 2.21. The van der Waals surface area contributed by atoms with Crippen LogP contribution in [0.3, 0.4) is 0 Å². The molecule has 2 rings (SSSR count). The van der Waals surface area contributed by atoms with E-state index in [9.17, 15) is 4.79 Å². The number of carbonyl (C=O) groups excluding carboxylic acids is 1. The number of carbonyl (C=O) groups is 1. The van der Waals surface area contributed by atoms with Crippen LogP contribution in [-0.2, 0) is 4.79 Å². The van der Waals surface area contributed by atoms with E-state index < -0.39 is 0 Å². The second-order valence-electron chi connectivity index (χ2n) is 4.00. The van der Waals surface area contributed by atoms with Crippen LogP contribution in [0.1, 0.15) is 12.0 Å². The van der Waals surface area contributed by atoms with Gasteiger partial charge in [0.2, 0.25) is 5.91 Å². The van der Waals surface area contributed by atoms with Gasteiger partial charge in [-0.05, 0) is 25.0 Å². The zero-order valence-corrected chi connectivity index (χ0v) is 9.49. The second kappa shape index (κ2) is 4.53. The summed E-state index contributed by atoms with van der Waals surface area (Å²) in [4.78, 5) is 13.6. The molecule has 1 aliphatic heterocycles. The molecular formula is C12H17N3O. The van der Waals surface area contributed by atoms with Gasteiger partial charge in [-0.3, -0.25) is 4.79 Å². The van der Waals surface area contributed by atoms with Crippen molar-refractivity contribution < 1.29 is 4.79 Å². The summed E-state index contributed by atoms with van der Waals surface area (Å²) in [5.41, 5.74) is 8.56. The molecule has 0 unspecified atom stereocenters. The van der Waals surface area contributed by atoms with E-state index in [-0.39, 0.29) is 12.5 Å². The van der Waals surface area contributed by atoms with Gasteiger partial charge in [0.25, 0.3) is 0 Å². The molecule has 0 aromatic heterocycles. The van der Waals surface area contributed by atoms with Gasteiger partial charge in [0.05, 0.1) is 17.9 Å². The van der Waals surface area contributed by atoms with Crippen molar-refractivity contribution in [2.24, 2.45) is 5.73 Å². The molecule has 0 saturated heterocycles. The molecule has 0 bridgehead atoms. The Hall–Kier alpha value is -1.55. The lowest BCUT2D eigenvalue weighted by Crippen LogP contribution is -2.36. The van der Waals surface area contributed by atoms with Crippen LogP contribution in [0.15, 0.2) is 18.2 Å². The SMILES string of the molecule is Cc1cccc2c1N(C(=O)CN)CCCN2. The minimum absolute atomic E-state index is 0.0146. The predicted octanol–water partition coefficient (Wildman–Crippen LogP) is 1.10. The quantitative estimate of drug-likeness (QED) is 0.743. The smallest absolute Gasteiger partial charge is 0.240 e. The summed E-state index contributed by atoms with van der Waals surface area (Å²) >= 11 is 0. The molecule has 1 aromatic rings. The molecule has 4 heteroatoms. The minimum Gasteiger partial charge on any atom is -0.383 e. The van der Waals surface area contributed by atoms with E-state index in [1.807, 2.05) is 25.1 Å². The second-order valence-corrected chi connectivity index (χ2v) is 4.00. The van der Waals surface area contributed by atoms with Crippen molar-refractivity contribution in [3.05, 3.63) is 23.8 Å². The first-order valence-electron chi connectivity index (χ1n) is 5.58. The summed E-state index contributed by atoms with van der Waals surface area (Å²) in [5.74, 6) is -0.0146. The molecule has 16 heavy (non-hydrogen) atoms. The van der Waals surface area contributed by atoms with Crippen LogP contribution in [0.5, 0.6) is 0 Å². The van der Waals surface area contributed by atoms with Gasteiger partial charge in [-0.25, -0.2) is 0 Å². The molecule has 0 aliphatic carbocycles. The van der Waals surface area contributed by atoms with Gasteiger partial charge in [0.1, 0.15) is 0 Å². The molecule has 0 saturated carbocycles. The van der Waals surface area contributed by atoms with Crippen LogP contribution in [-0.4, -0.2) is 25.5 Å². The fraction of sp³-hybridized carbons (Fsp3) is 0.417. The van der Waals surface area contributed by atoms with E-state index in [2.05, 4.69) is 5.32 Å². The summed E-state index contributed by atoms with van der Waals surface area (Å²) in [6.45, 7) is 3.71. The number of hydrogen-bond donors (Lipinski definition) is 2. The van der Waals surface area contributed by atoms with Crippen molar-refractivity contribution >= 4 is 17.3 Å². The normalized spacial score (nSPS) is 15.0. The van der Waals surface area contributed by atoms with Gasteiger partial charge < -0.3 is 16.0 Å². The van der Waals surface area contributed by atoms with E-state index in [0.29, 0.717) is 0 Å². The Morgan fingerprint density at radius 1 is 1.56 bits per heavy atom. The summed E-state index contributed by atoms with van der Waals surface area (Å²) < 4.78 is 0. The van der Waals surface area contributed by atoms with E-state index >= 15 is 0 Å². The molecule has 0 radical (unpaired) electrons. The van der Waals surface area contributed by atoms with Gasteiger partial charge in [-0.15, -0.1) is 0 Å². The number of nitrogens with zero attached hydrogens (tertiary/aromatic N) is 1. The summed E-state index contributed by atoms with van der Waals surface area (Å²) in [5, 5.41) is 3.34. The van der Waals surface area contributed by atoms with Gasteiger partial charge in [-0.1, -0.05) is 12.1 Å². The third kappa shape index (κ3) is 1.88. The van der Waals surface area contributed by atoms with E-state index in [1.165, 1.54) is 0 Å². The first-order chi connectivity index (χ1) is 7.74. The molecule has 86 valence electrons. The highest BCUT2D eigenvalue weighted by atomic mass is 16.2. The van der Waals surface area contributed by atoms with Gasteiger partial charge in [-0.2, -0.15) is 0 Å². The first kappa shape index (κ1) is 11.0. The zero-order chi connectivity index (χ0) is 11.5. The molecule has 1 amide bonds. The number of benzene rings is 1. The Bertz CT molecular complexity index is 403.